The molecule has 3 rings (SSSR count). The molecule has 0 saturated heterocycles. The number of ether oxygens (including phenoxy) is 2. The summed E-state index contributed by atoms with van der Waals surface area (Å²) < 4.78 is 12.3. The third-order valence-electron chi connectivity index (χ3n) is 5.81. The molecule has 4 heteroatoms. The molecule has 0 spiro atoms. The van der Waals surface area contributed by atoms with Crippen molar-refractivity contribution in [2.75, 3.05) is 0 Å². The van der Waals surface area contributed by atoms with Crippen LogP contribution in [0.15, 0.2) is 42.5 Å². The Morgan fingerprint density at radius 2 is 1.93 bits per heavy atom. The van der Waals surface area contributed by atoms with E-state index in [-0.39, 0.29) is 17.6 Å². The molecule has 0 fully saturated rings. The molecule has 0 unspecified atom stereocenters. The van der Waals surface area contributed by atoms with E-state index in [4.69, 9.17) is 9.47 Å². The fourth-order valence-corrected chi connectivity index (χ4v) is 3.89. The molecule has 2 aromatic rings. The van der Waals surface area contributed by atoms with Crippen molar-refractivity contribution in [2.24, 2.45) is 0 Å². The molecule has 0 aromatic heterocycles. The van der Waals surface area contributed by atoms with Gasteiger partial charge in [0.1, 0.15) is 17.1 Å². The monoisotopic (exact) mass is 381 g/mol. The lowest BCUT2D eigenvalue weighted by atomic mass is 9.83. The second kappa shape index (κ2) is 8.26. The quantitative estimate of drug-likeness (QED) is 0.741. The first kappa shape index (κ1) is 20.2. The molecular formula is C24H31NO3. The smallest absolute Gasteiger partial charge is 0.261 e. The molecule has 0 bridgehead atoms. The zero-order chi connectivity index (χ0) is 20.3. The number of fused-ring (bicyclic) bond motifs is 1. The molecule has 1 N–H and O–H groups in total. The SMILES string of the molecule is CCC1(CC)C[C@H](NC(=O)[C@H](C)Oc2ccc(C)cc2C)c2ccccc2O1. The molecule has 150 valence electrons. The van der Waals surface area contributed by atoms with Gasteiger partial charge < -0.3 is 14.8 Å². The zero-order valence-electron chi connectivity index (χ0n) is 17.5. The Morgan fingerprint density at radius 3 is 2.61 bits per heavy atom. The van der Waals surface area contributed by atoms with Crippen molar-refractivity contribution >= 4 is 5.91 Å². The molecule has 4 nitrogen and oxygen atoms in total. The fourth-order valence-electron chi connectivity index (χ4n) is 3.89. The minimum atomic E-state index is -0.575. The van der Waals surface area contributed by atoms with Crippen molar-refractivity contribution in [1.29, 1.82) is 0 Å². The Balaban J connectivity index is 1.76. The van der Waals surface area contributed by atoms with E-state index in [0.29, 0.717) is 0 Å². The Bertz CT molecular complexity index is 841. The van der Waals surface area contributed by atoms with Gasteiger partial charge in [-0.25, -0.2) is 0 Å². The summed E-state index contributed by atoms with van der Waals surface area (Å²) in [4.78, 5) is 12.9. The van der Waals surface area contributed by atoms with Crippen molar-refractivity contribution in [2.45, 2.75) is 71.6 Å². The van der Waals surface area contributed by atoms with E-state index in [1.807, 2.05) is 50.2 Å². The lowest BCUT2D eigenvalue weighted by Crippen LogP contribution is -2.47. The van der Waals surface area contributed by atoms with Crippen molar-refractivity contribution in [1.82, 2.24) is 5.32 Å². The number of para-hydroxylation sites is 1. The van der Waals surface area contributed by atoms with E-state index in [2.05, 4.69) is 25.2 Å². The molecule has 0 radical (unpaired) electrons. The van der Waals surface area contributed by atoms with Crippen molar-refractivity contribution in [3.63, 3.8) is 0 Å². The number of aryl methyl sites for hydroxylation is 2. The number of benzene rings is 2. The van der Waals surface area contributed by atoms with Crippen LogP contribution in [0.2, 0.25) is 0 Å². The second-order valence-corrected chi connectivity index (χ2v) is 7.82. The number of nitrogens with one attached hydrogen (secondary N) is 1. The highest BCUT2D eigenvalue weighted by Gasteiger charge is 2.39. The minimum absolute atomic E-state index is 0.0810. The van der Waals surface area contributed by atoms with Crippen LogP contribution in [0, 0.1) is 13.8 Å². The average molecular weight is 382 g/mol. The van der Waals surface area contributed by atoms with Gasteiger partial charge in [-0.2, -0.15) is 0 Å². The highest BCUT2D eigenvalue weighted by Crippen LogP contribution is 2.42. The largest absolute Gasteiger partial charge is 0.487 e. The Morgan fingerprint density at radius 1 is 1.21 bits per heavy atom. The third-order valence-corrected chi connectivity index (χ3v) is 5.81. The number of carbonyl (C=O) groups excluding carboxylic acids is 1. The summed E-state index contributed by atoms with van der Waals surface area (Å²) in [5.74, 6) is 1.51. The standard InChI is InChI=1S/C24H31NO3/c1-6-24(7-2)15-20(19-10-8-9-11-22(19)28-24)25-23(26)18(5)27-21-13-12-16(3)14-17(21)4/h8-14,18,20H,6-7,15H2,1-5H3,(H,25,26)/t18-,20-/m0/s1. The van der Waals surface area contributed by atoms with Gasteiger partial charge in [-0.3, -0.25) is 4.79 Å². The van der Waals surface area contributed by atoms with Crippen LogP contribution in [0.25, 0.3) is 0 Å². The predicted molar refractivity (Wildman–Crippen MR) is 112 cm³/mol. The van der Waals surface area contributed by atoms with Gasteiger partial charge in [0.25, 0.3) is 5.91 Å². The van der Waals surface area contributed by atoms with Crippen LogP contribution in [0.5, 0.6) is 11.5 Å². The summed E-state index contributed by atoms with van der Waals surface area (Å²) in [6.07, 6.45) is 1.99. The van der Waals surface area contributed by atoms with E-state index in [1.54, 1.807) is 6.92 Å². The summed E-state index contributed by atoms with van der Waals surface area (Å²) in [6, 6.07) is 13.9. The summed E-state index contributed by atoms with van der Waals surface area (Å²) in [7, 11) is 0. The van der Waals surface area contributed by atoms with Crippen LogP contribution in [0.4, 0.5) is 0 Å². The molecule has 1 amide bonds. The normalized spacial score (nSPS) is 18.5. The van der Waals surface area contributed by atoms with Gasteiger partial charge in [0, 0.05) is 12.0 Å². The van der Waals surface area contributed by atoms with Gasteiger partial charge in [-0.05, 0) is 51.3 Å². The zero-order valence-corrected chi connectivity index (χ0v) is 17.5. The van der Waals surface area contributed by atoms with Crippen molar-refractivity contribution in [3.05, 3.63) is 59.2 Å². The van der Waals surface area contributed by atoms with E-state index in [9.17, 15) is 4.79 Å². The molecule has 0 aliphatic carbocycles. The summed E-state index contributed by atoms with van der Waals surface area (Å²) >= 11 is 0. The maximum Gasteiger partial charge on any atom is 0.261 e. The fraction of sp³-hybridized carbons (Fsp3) is 0.458. The van der Waals surface area contributed by atoms with Gasteiger partial charge >= 0.3 is 0 Å². The number of hydrogen-bond acceptors (Lipinski definition) is 3. The van der Waals surface area contributed by atoms with Crippen molar-refractivity contribution in [3.8, 4) is 11.5 Å². The predicted octanol–water partition coefficient (Wildman–Crippen LogP) is 5.27. The summed E-state index contributed by atoms with van der Waals surface area (Å²) in [5.41, 5.74) is 3.00. The van der Waals surface area contributed by atoms with E-state index in [0.717, 1.165) is 41.9 Å². The molecule has 1 aliphatic rings. The van der Waals surface area contributed by atoms with Crippen LogP contribution in [0.1, 0.15) is 62.8 Å². The van der Waals surface area contributed by atoms with E-state index >= 15 is 0 Å². The van der Waals surface area contributed by atoms with Gasteiger partial charge in [0.05, 0.1) is 6.04 Å². The van der Waals surface area contributed by atoms with Crippen LogP contribution >= 0.6 is 0 Å². The average Bonchev–Trinajstić information content (AvgIpc) is 2.69. The van der Waals surface area contributed by atoms with Crippen molar-refractivity contribution < 1.29 is 14.3 Å². The van der Waals surface area contributed by atoms with Crippen LogP contribution in [-0.4, -0.2) is 17.6 Å². The molecule has 2 aromatic carbocycles. The van der Waals surface area contributed by atoms with Gasteiger partial charge in [-0.1, -0.05) is 49.7 Å². The second-order valence-electron chi connectivity index (χ2n) is 7.82. The molecular weight excluding hydrogens is 350 g/mol. The number of carbonyl (C=O) groups is 1. The highest BCUT2D eigenvalue weighted by molar-refractivity contribution is 5.81. The van der Waals surface area contributed by atoms with Gasteiger partial charge in [0.15, 0.2) is 6.10 Å². The molecule has 0 saturated carbocycles. The Labute approximate surface area is 168 Å². The minimum Gasteiger partial charge on any atom is -0.487 e. The van der Waals surface area contributed by atoms with Gasteiger partial charge in [0.2, 0.25) is 0 Å². The topological polar surface area (TPSA) is 47.6 Å². The first-order chi connectivity index (χ1) is 13.4. The van der Waals surface area contributed by atoms with Crippen LogP contribution in [-0.2, 0) is 4.79 Å². The lowest BCUT2D eigenvalue weighted by molar-refractivity contribution is -0.128. The maximum atomic E-state index is 12.9. The first-order valence-corrected chi connectivity index (χ1v) is 10.2. The highest BCUT2D eigenvalue weighted by atomic mass is 16.5. The Hall–Kier alpha value is -2.49. The van der Waals surface area contributed by atoms with E-state index < -0.39 is 6.10 Å². The molecule has 1 aliphatic heterocycles. The number of amides is 1. The third kappa shape index (κ3) is 4.16. The van der Waals surface area contributed by atoms with Crippen LogP contribution < -0.4 is 14.8 Å². The molecule has 1 heterocycles. The maximum absolute atomic E-state index is 12.9. The van der Waals surface area contributed by atoms with E-state index in [1.165, 1.54) is 5.56 Å². The summed E-state index contributed by atoms with van der Waals surface area (Å²) in [5, 5.41) is 3.21. The number of rotatable bonds is 6. The van der Waals surface area contributed by atoms with Gasteiger partial charge in [-0.15, -0.1) is 0 Å². The first-order valence-electron chi connectivity index (χ1n) is 10.2. The van der Waals surface area contributed by atoms with Crippen LogP contribution in [0.3, 0.4) is 0 Å². The molecule has 28 heavy (non-hydrogen) atoms. The summed E-state index contributed by atoms with van der Waals surface area (Å²) in [6.45, 7) is 10.1. The molecule has 2 atom stereocenters. The number of hydrogen-bond donors (Lipinski definition) is 1. The Kier molecular flexibility index (Phi) is 5.97. The lowest BCUT2D eigenvalue weighted by Gasteiger charge is -2.41.